The van der Waals surface area contributed by atoms with Gasteiger partial charge in [-0.25, -0.2) is 4.98 Å². The van der Waals surface area contributed by atoms with Gasteiger partial charge in [0.2, 0.25) is 0 Å². The van der Waals surface area contributed by atoms with Crippen LogP contribution in [0.15, 0.2) is 24.3 Å². The van der Waals surface area contributed by atoms with Gasteiger partial charge in [0.25, 0.3) is 5.69 Å². The van der Waals surface area contributed by atoms with Crippen molar-refractivity contribution in [3.8, 4) is 0 Å². The van der Waals surface area contributed by atoms with Crippen molar-refractivity contribution in [2.24, 2.45) is 0 Å². The Labute approximate surface area is 123 Å². The molecule has 0 radical (unpaired) electrons. The summed E-state index contributed by atoms with van der Waals surface area (Å²) in [6.45, 7) is 2.79. The Morgan fingerprint density at radius 3 is 2.86 bits per heavy atom. The van der Waals surface area contributed by atoms with Crippen molar-refractivity contribution in [1.82, 2.24) is 9.55 Å². The van der Waals surface area contributed by atoms with Crippen molar-refractivity contribution < 1.29 is 4.92 Å². The molecule has 0 saturated heterocycles. The number of nitrogens with zero attached hydrogens (tertiary/aromatic N) is 3. The monoisotopic (exact) mass is 285 g/mol. The number of aryl methyl sites for hydroxylation is 3. The first-order valence-electron chi connectivity index (χ1n) is 7.44. The number of benzene rings is 1. The molecular formula is C16H19N3O2. The molecule has 0 aliphatic heterocycles. The summed E-state index contributed by atoms with van der Waals surface area (Å²) in [5.74, 6) is 1.03. The predicted molar refractivity (Wildman–Crippen MR) is 80.4 cm³/mol. The Hall–Kier alpha value is -2.17. The van der Waals surface area contributed by atoms with E-state index in [0.717, 1.165) is 30.8 Å². The summed E-state index contributed by atoms with van der Waals surface area (Å²) < 4.78 is 2.24. The van der Waals surface area contributed by atoms with E-state index in [9.17, 15) is 10.1 Å². The zero-order valence-corrected chi connectivity index (χ0v) is 12.2. The molecule has 0 N–H and O–H groups in total. The van der Waals surface area contributed by atoms with Gasteiger partial charge in [-0.1, -0.05) is 18.2 Å². The second-order valence-electron chi connectivity index (χ2n) is 5.55. The molecule has 2 aromatic rings. The highest BCUT2D eigenvalue weighted by molar-refractivity contribution is 5.39. The zero-order valence-electron chi connectivity index (χ0n) is 12.2. The van der Waals surface area contributed by atoms with Gasteiger partial charge in [-0.05, 0) is 39.0 Å². The highest BCUT2D eigenvalue weighted by atomic mass is 16.6. The minimum atomic E-state index is -0.300. The number of nitro benzene ring substituents is 1. The second-order valence-corrected chi connectivity index (χ2v) is 5.55. The third-order valence-corrected chi connectivity index (χ3v) is 4.22. The summed E-state index contributed by atoms with van der Waals surface area (Å²) in [6, 6.07) is 6.99. The van der Waals surface area contributed by atoms with E-state index in [1.807, 2.05) is 19.1 Å². The number of imidazole rings is 1. The van der Waals surface area contributed by atoms with Gasteiger partial charge in [-0.15, -0.1) is 0 Å². The van der Waals surface area contributed by atoms with Gasteiger partial charge in [0, 0.05) is 23.9 Å². The molecular weight excluding hydrogens is 266 g/mol. The van der Waals surface area contributed by atoms with Crippen LogP contribution in [-0.4, -0.2) is 14.5 Å². The van der Waals surface area contributed by atoms with E-state index < -0.39 is 0 Å². The van der Waals surface area contributed by atoms with E-state index in [0.29, 0.717) is 6.42 Å². The molecule has 21 heavy (non-hydrogen) atoms. The lowest BCUT2D eigenvalue weighted by Crippen LogP contribution is -2.11. The van der Waals surface area contributed by atoms with Crippen LogP contribution in [-0.2, 0) is 25.8 Å². The molecule has 1 aliphatic rings. The molecule has 3 rings (SSSR count). The fourth-order valence-corrected chi connectivity index (χ4v) is 3.16. The summed E-state index contributed by atoms with van der Waals surface area (Å²) in [5, 5.41) is 11.1. The maximum absolute atomic E-state index is 11.1. The molecule has 0 unspecified atom stereocenters. The maximum atomic E-state index is 11.1. The topological polar surface area (TPSA) is 61.0 Å². The lowest BCUT2D eigenvalue weighted by molar-refractivity contribution is -0.385. The standard InChI is InChI=1S/C16H19N3O2/c1-12-17-14-7-3-5-9-16(14)18(12)11-10-13-6-2-4-8-15(13)19(20)21/h2,4,6,8H,3,5,7,9-11H2,1H3. The molecule has 0 saturated carbocycles. The van der Waals surface area contributed by atoms with Crippen LogP contribution in [0, 0.1) is 17.0 Å². The predicted octanol–water partition coefficient (Wildman–Crippen LogP) is 3.22. The summed E-state index contributed by atoms with van der Waals surface area (Å²) in [7, 11) is 0. The van der Waals surface area contributed by atoms with Gasteiger partial charge in [-0.2, -0.15) is 0 Å². The highest BCUT2D eigenvalue weighted by Crippen LogP contribution is 2.24. The average Bonchev–Trinajstić information content (AvgIpc) is 2.81. The van der Waals surface area contributed by atoms with Gasteiger partial charge in [0.05, 0.1) is 10.6 Å². The number of nitro groups is 1. The number of para-hydroxylation sites is 1. The Kier molecular flexibility index (Phi) is 3.73. The molecule has 0 atom stereocenters. The van der Waals surface area contributed by atoms with Gasteiger partial charge in [0.15, 0.2) is 0 Å². The molecule has 5 nitrogen and oxygen atoms in total. The third-order valence-electron chi connectivity index (χ3n) is 4.22. The fourth-order valence-electron chi connectivity index (χ4n) is 3.16. The molecule has 0 amide bonds. The van der Waals surface area contributed by atoms with Crippen molar-refractivity contribution >= 4 is 5.69 Å². The first-order valence-corrected chi connectivity index (χ1v) is 7.44. The van der Waals surface area contributed by atoms with Crippen LogP contribution in [0.3, 0.4) is 0 Å². The molecule has 1 aliphatic carbocycles. The van der Waals surface area contributed by atoms with Crippen LogP contribution in [0.2, 0.25) is 0 Å². The lowest BCUT2D eigenvalue weighted by Gasteiger charge is -2.14. The minimum absolute atomic E-state index is 0.212. The number of rotatable bonds is 4. The Morgan fingerprint density at radius 1 is 1.29 bits per heavy atom. The Balaban J connectivity index is 1.83. The van der Waals surface area contributed by atoms with Gasteiger partial charge in [-0.3, -0.25) is 10.1 Å². The first-order chi connectivity index (χ1) is 10.2. The first kappa shape index (κ1) is 13.8. The van der Waals surface area contributed by atoms with Crippen LogP contribution < -0.4 is 0 Å². The lowest BCUT2D eigenvalue weighted by atomic mass is 10.0. The molecule has 0 fully saturated rings. The summed E-state index contributed by atoms with van der Waals surface area (Å²) in [4.78, 5) is 15.4. The number of hydrogen-bond donors (Lipinski definition) is 0. The van der Waals surface area contributed by atoms with Crippen molar-refractivity contribution in [3.63, 3.8) is 0 Å². The van der Waals surface area contributed by atoms with E-state index in [1.54, 1.807) is 12.1 Å². The Morgan fingerprint density at radius 2 is 2.05 bits per heavy atom. The number of aromatic nitrogens is 2. The van der Waals surface area contributed by atoms with Crippen LogP contribution in [0.4, 0.5) is 5.69 Å². The van der Waals surface area contributed by atoms with E-state index in [1.165, 1.54) is 24.2 Å². The normalized spacial score (nSPS) is 14.0. The maximum Gasteiger partial charge on any atom is 0.272 e. The third kappa shape index (κ3) is 2.68. The quantitative estimate of drug-likeness (QED) is 0.640. The molecule has 110 valence electrons. The van der Waals surface area contributed by atoms with Crippen LogP contribution in [0.1, 0.15) is 35.6 Å². The average molecular weight is 285 g/mol. The van der Waals surface area contributed by atoms with E-state index >= 15 is 0 Å². The largest absolute Gasteiger partial charge is 0.332 e. The fraction of sp³-hybridized carbons (Fsp3) is 0.438. The molecule has 1 aromatic heterocycles. The van der Waals surface area contributed by atoms with Crippen molar-refractivity contribution in [2.75, 3.05) is 0 Å². The van der Waals surface area contributed by atoms with Crippen molar-refractivity contribution in [2.45, 2.75) is 45.6 Å². The SMILES string of the molecule is Cc1nc2c(n1CCc1ccccc1[N+](=O)[O-])CCCC2. The molecule has 0 bridgehead atoms. The molecule has 0 spiro atoms. The smallest absolute Gasteiger partial charge is 0.272 e. The number of hydrogen-bond acceptors (Lipinski definition) is 3. The van der Waals surface area contributed by atoms with E-state index in [4.69, 9.17) is 0 Å². The van der Waals surface area contributed by atoms with Crippen LogP contribution >= 0.6 is 0 Å². The van der Waals surface area contributed by atoms with Gasteiger partial charge < -0.3 is 4.57 Å². The highest BCUT2D eigenvalue weighted by Gasteiger charge is 2.19. The van der Waals surface area contributed by atoms with Gasteiger partial charge >= 0.3 is 0 Å². The minimum Gasteiger partial charge on any atom is -0.332 e. The van der Waals surface area contributed by atoms with Crippen molar-refractivity contribution in [3.05, 3.63) is 57.2 Å². The molecule has 5 heteroatoms. The summed E-state index contributed by atoms with van der Waals surface area (Å²) >= 11 is 0. The van der Waals surface area contributed by atoms with E-state index in [2.05, 4.69) is 9.55 Å². The van der Waals surface area contributed by atoms with Gasteiger partial charge in [0.1, 0.15) is 5.82 Å². The summed E-state index contributed by atoms with van der Waals surface area (Å²) in [5.41, 5.74) is 3.56. The van der Waals surface area contributed by atoms with Crippen LogP contribution in [0.25, 0.3) is 0 Å². The Bertz CT molecular complexity index is 676. The van der Waals surface area contributed by atoms with Crippen LogP contribution in [0.5, 0.6) is 0 Å². The number of fused-ring (bicyclic) bond motifs is 1. The summed E-state index contributed by atoms with van der Waals surface area (Å²) in [6.07, 6.45) is 5.24. The second kappa shape index (κ2) is 5.68. The molecule has 1 heterocycles. The van der Waals surface area contributed by atoms with Crippen molar-refractivity contribution in [1.29, 1.82) is 0 Å². The molecule has 1 aromatic carbocycles. The zero-order chi connectivity index (χ0) is 14.8. The van der Waals surface area contributed by atoms with E-state index in [-0.39, 0.29) is 10.6 Å².